The molecule has 0 saturated carbocycles. The minimum absolute atomic E-state index is 0.0839. The molecule has 0 heterocycles. The molecule has 2 unspecified atom stereocenters. The zero-order chi connectivity index (χ0) is 14.3. The quantitative estimate of drug-likeness (QED) is 0.787. The molecule has 1 aromatic rings. The molecular weight excluding hydrogens is 245 g/mol. The van der Waals surface area contributed by atoms with Gasteiger partial charge in [0.05, 0.1) is 13.2 Å². The van der Waals surface area contributed by atoms with Crippen LogP contribution in [0.5, 0.6) is 5.75 Å². The second-order valence-corrected chi connectivity index (χ2v) is 4.60. The maximum absolute atomic E-state index is 14.1. The number of rotatable bonds is 8. The highest BCUT2D eigenvalue weighted by molar-refractivity contribution is 5.31. The van der Waals surface area contributed by atoms with E-state index in [4.69, 9.17) is 9.47 Å². The number of halogens is 1. The number of benzene rings is 1. The summed E-state index contributed by atoms with van der Waals surface area (Å²) in [5, 5.41) is 3.22. The maximum atomic E-state index is 14.1. The Balaban J connectivity index is 2.86. The second-order valence-electron chi connectivity index (χ2n) is 4.60. The normalized spacial score (nSPS) is 14.2. The van der Waals surface area contributed by atoms with Crippen molar-refractivity contribution < 1.29 is 13.9 Å². The van der Waals surface area contributed by atoms with Crippen LogP contribution in [0.4, 0.5) is 4.39 Å². The van der Waals surface area contributed by atoms with Crippen molar-refractivity contribution in [2.24, 2.45) is 0 Å². The molecule has 0 radical (unpaired) electrons. The highest BCUT2D eigenvalue weighted by atomic mass is 19.1. The standard InChI is InChI=1S/C15H24FNO2/c1-5-7-13(18-3)12(17-2)10-11-8-6-9-14(19-4)15(11)16/h6,8-9,12-13,17H,5,7,10H2,1-4H3. The average Bonchev–Trinajstić information content (AvgIpc) is 2.44. The van der Waals surface area contributed by atoms with Crippen LogP contribution in [0.1, 0.15) is 25.3 Å². The zero-order valence-corrected chi connectivity index (χ0v) is 12.2. The van der Waals surface area contributed by atoms with Crippen molar-refractivity contribution in [2.45, 2.75) is 38.3 Å². The molecular formula is C15H24FNO2. The van der Waals surface area contributed by atoms with E-state index in [0.29, 0.717) is 12.0 Å². The Kier molecular flexibility index (Phi) is 6.81. The van der Waals surface area contributed by atoms with Crippen LogP contribution in [0, 0.1) is 5.82 Å². The lowest BCUT2D eigenvalue weighted by Crippen LogP contribution is -2.40. The molecule has 19 heavy (non-hydrogen) atoms. The van der Waals surface area contributed by atoms with Crippen LogP contribution in [0.3, 0.4) is 0 Å². The molecule has 1 N–H and O–H groups in total. The Hall–Kier alpha value is -1.13. The monoisotopic (exact) mass is 269 g/mol. The van der Waals surface area contributed by atoms with Gasteiger partial charge in [0.15, 0.2) is 11.6 Å². The molecule has 0 fully saturated rings. The molecule has 0 aliphatic heterocycles. The van der Waals surface area contributed by atoms with E-state index in [1.54, 1.807) is 19.2 Å². The van der Waals surface area contributed by atoms with Crippen molar-refractivity contribution in [2.75, 3.05) is 21.3 Å². The molecule has 0 aliphatic carbocycles. The molecule has 0 bridgehead atoms. The van der Waals surface area contributed by atoms with Gasteiger partial charge in [0.2, 0.25) is 0 Å². The Bertz CT molecular complexity index is 384. The van der Waals surface area contributed by atoms with Gasteiger partial charge in [-0.2, -0.15) is 0 Å². The Morgan fingerprint density at radius 3 is 2.58 bits per heavy atom. The van der Waals surface area contributed by atoms with Gasteiger partial charge in [-0.25, -0.2) is 4.39 Å². The van der Waals surface area contributed by atoms with Crippen LogP contribution in [0.2, 0.25) is 0 Å². The summed E-state index contributed by atoms with van der Waals surface area (Å²) in [6, 6.07) is 5.33. The molecule has 0 aromatic heterocycles. The Morgan fingerprint density at radius 2 is 2.05 bits per heavy atom. The third kappa shape index (κ3) is 4.18. The van der Waals surface area contributed by atoms with Crippen LogP contribution in [-0.4, -0.2) is 33.4 Å². The average molecular weight is 269 g/mol. The summed E-state index contributed by atoms with van der Waals surface area (Å²) in [4.78, 5) is 0. The van der Waals surface area contributed by atoms with Crippen molar-refractivity contribution in [3.8, 4) is 5.75 Å². The fourth-order valence-electron chi connectivity index (χ4n) is 2.30. The summed E-state index contributed by atoms with van der Waals surface area (Å²) in [5.41, 5.74) is 0.650. The van der Waals surface area contributed by atoms with Crippen molar-refractivity contribution in [1.29, 1.82) is 0 Å². The molecule has 108 valence electrons. The summed E-state index contributed by atoms with van der Waals surface area (Å²) in [6.45, 7) is 2.12. The number of hydrogen-bond donors (Lipinski definition) is 1. The summed E-state index contributed by atoms with van der Waals surface area (Å²) in [6.07, 6.45) is 2.66. The third-order valence-electron chi connectivity index (χ3n) is 3.40. The molecule has 0 amide bonds. The van der Waals surface area contributed by atoms with E-state index in [0.717, 1.165) is 12.8 Å². The zero-order valence-electron chi connectivity index (χ0n) is 12.2. The predicted octanol–water partition coefficient (Wildman–Crippen LogP) is 2.78. The number of ether oxygens (including phenoxy) is 2. The number of methoxy groups -OCH3 is 2. The SMILES string of the molecule is CCCC(OC)C(Cc1cccc(OC)c1F)NC. The molecule has 1 aromatic carbocycles. The summed E-state index contributed by atoms with van der Waals surface area (Å²) < 4.78 is 24.6. The highest BCUT2D eigenvalue weighted by Crippen LogP contribution is 2.22. The molecule has 0 aliphatic rings. The summed E-state index contributed by atoms with van der Waals surface area (Å²) in [7, 11) is 5.06. The molecule has 3 nitrogen and oxygen atoms in total. The smallest absolute Gasteiger partial charge is 0.168 e. The minimum Gasteiger partial charge on any atom is -0.494 e. The predicted molar refractivity (Wildman–Crippen MR) is 75.2 cm³/mol. The molecule has 0 saturated heterocycles. The molecule has 1 rings (SSSR count). The fraction of sp³-hybridized carbons (Fsp3) is 0.600. The van der Waals surface area contributed by atoms with Gasteiger partial charge in [0.25, 0.3) is 0 Å². The van der Waals surface area contributed by atoms with Gasteiger partial charge >= 0.3 is 0 Å². The lowest BCUT2D eigenvalue weighted by molar-refractivity contribution is 0.0630. The first kappa shape index (κ1) is 15.9. The first-order chi connectivity index (χ1) is 9.17. The minimum atomic E-state index is -0.281. The van der Waals surface area contributed by atoms with Crippen LogP contribution in [0.25, 0.3) is 0 Å². The van der Waals surface area contributed by atoms with E-state index in [9.17, 15) is 4.39 Å². The van der Waals surface area contributed by atoms with Gasteiger partial charge in [0, 0.05) is 13.2 Å². The van der Waals surface area contributed by atoms with E-state index >= 15 is 0 Å². The molecule has 2 atom stereocenters. The topological polar surface area (TPSA) is 30.5 Å². The van der Waals surface area contributed by atoms with Gasteiger partial charge in [0.1, 0.15) is 0 Å². The molecule has 4 heteroatoms. The maximum Gasteiger partial charge on any atom is 0.168 e. The van der Waals surface area contributed by atoms with Crippen LogP contribution < -0.4 is 10.1 Å². The first-order valence-electron chi connectivity index (χ1n) is 6.69. The van der Waals surface area contributed by atoms with Gasteiger partial charge < -0.3 is 14.8 Å². The van der Waals surface area contributed by atoms with E-state index in [1.807, 2.05) is 13.1 Å². The van der Waals surface area contributed by atoms with Gasteiger partial charge in [-0.05, 0) is 31.5 Å². The van der Waals surface area contributed by atoms with E-state index in [2.05, 4.69) is 12.2 Å². The van der Waals surface area contributed by atoms with E-state index < -0.39 is 0 Å². The van der Waals surface area contributed by atoms with Gasteiger partial charge in [-0.3, -0.25) is 0 Å². The second kappa shape index (κ2) is 8.12. The van der Waals surface area contributed by atoms with Crippen molar-refractivity contribution in [1.82, 2.24) is 5.32 Å². The Morgan fingerprint density at radius 1 is 1.32 bits per heavy atom. The van der Waals surface area contributed by atoms with E-state index in [-0.39, 0.29) is 23.7 Å². The third-order valence-corrected chi connectivity index (χ3v) is 3.40. The summed E-state index contributed by atoms with van der Waals surface area (Å²) >= 11 is 0. The van der Waals surface area contributed by atoms with Crippen molar-refractivity contribution in [3.63, 3.8) is 0 Å². The van der Waals surface area contributed by atoms with Gasteiger partial charge in [-0.15, -0.1) is 0 Å². The van der Waals surface area contributed by atoms with Crippen LogP contribution in [-0.2, 0) is 11.2 Å². The number of hydrogen-bond acceptors (Lipinski definition) is 3. The lowest BCUT2D eigenvalue weighted by atomic mass is 9.98. The highest BCUT2D eigenvalue weighted by Gasteiger charge is 2.21. The van der Waals surface area contributed by atoms with Crippen molar-refractivity contribution in [3.05, 3.63) is 29.6 Å². The number of likely N-dealkylation sites (N-methyl/N-ethyl adjacent to an activating group) is 1. The van der Waals surface area contributed by atoms with Crippen molar-refractivity contribution >= 4 is 0 Å². The lowest BCUT2D eigenvalue weighted by Gasteiger charge is -2.26. The van der Waals surface area contributed by atoms with E-state index in [1.165, 1.54) is 7.11 Å². The van der Waals surface area contributed by atoms with Gasteiger partial charge in [-0.1, -0.05) is 25.5 Å². The largest absolute Gasteiger partial charge is 0.494 e. The molecule has 0 spiro atoms. The van der Waals surface area contributed by atoms with Crippen LogP contribution in [0.15, 0.2) is 18.2 Å². The fourth-order valence-corrected chi connectivity index (χ4v) is 2.30. The number of nitrogens with one attached hydrogen (secondary N) is 1. The Labute approximate surface area is 115 Å². The first-order valence-corrected chi connectivity index (χ1v) is 6.69. The summed E-state index contributed by atoms with van der Waals surface area (Å²) in [5.74, 6) is 0.00779. The van der Waals surface area contributed by atoms with Crippen LogP contribution >= 0.6 is 0 Å².